The van der Waals surface area contributed by atoms with E-state index in [9.17, 15) is 4.79 Å². The molecule has 3 rings (SSSR count). The molecule has 1 fully saturated rings. The number of nitrogens with one attached hydrogen (secondary N) is 1. The molecule has 1 aliphatic rings. The summed E-state index contributed by atoms with van der Waals surface area (Å²) in [6.07, 6.45) is 4.41. The largest absolute Gasteiger partial charge is 0.459 e. The summed E-state index contributed by atoms with van der Waals surface area (Å²) in [5.41, 5.74) is 4.36. The van der Waals surface area contributed by atoms with Crippen molar-refractivity contribution in [2.24, 2.45) is 17.3 Å². The summed E-state index contributed by atoms with van der Waals surface area (Å²) in [4.78, 5) is 15.6. The SMILES string of the molecule is Cc1ccc(Cc2cc[nH]c2COC(=O)C2C(C=C(Cl)Cl)C2(C)C)cc1. The first-order valence-electron chi connectivity index (χ1n) is 8.69. The van der Waals surface area contributed by atoms with Crippen molar-refractivity contribution in [1.29, 1.82) is 0 Å². The first-order valence-corrected chi connectivity index (χ1v) is 9.44. The molecule has 1 aromatic carbocycles. The molecule has 1 saturated carbocycles. The summed E-state index contributed by atoms with van der Waals surface area (Å²) in [7, 11) is 0. The molecule has 0 radical (unpaired) electrons. The van der Waals surface area contributed by atoms with Crippen LogP contribution in [0.3, 0.4) is 0 Å². The number of aromatic amines is 1. The van der Waals surface area contributed by atoms with Crippen molar-refractivity contribution in [3.05, 3.63) is 69.5 Å². The zero-order valence-corrected chi connectivity index (χ0v) is 16.7. The van der Waals surface area contributed by atoms with E-state index in [-0.39, 0.29) is 34.3 Å². The summed E-state index contributed by atoms with van der Waals surface area (Å²) >= 11 is 11.5. The number of halogens is 2. The van der Waals surface area contributed by atoms with Crippen LogP contribution in [-0.4, -0.2) is 11.0 Å². The Labute approximate surface area is 164 Å². The zero-order chi connectivity index (χ0) is 18.9. The van der Waals surface area contributed by atoms with Gasteiger partial charge in [0.2, 0.25) is 0 Å². The first-order chi connectivity index (χ1) is 12.3. The highest BCUT2D eigenvalue weighted by Crippen LogP contribution is 2.60. The first kappa shape index (κ1) is 19.1. The number of rotatable bonds is 6. The van der Waals surface area contributed by atoms with Gasteiger partial charge in [0.15, 0.2) is 0 Å². The minimum absolute atomic E-state index is 0.0238. The van der Waals surface area contributed by atoms with E-state index in [0.717, 1.165) is 17.7 Å². The number of aromatic nitrogens is 1. The van der Waals surface area contributed by atoms with Crippen molar-refractivity contribution >= 4 is 29.2 Å². The fraction of sp³-hybridized carbons (Fsp3) is 0.381. The molecule has 138 valence electrons. The van der Waals surface area contributed by atoms with Gasteiger partial charge in [-0.25, -0.2) is 0 Å². The molecule has 0 amide bonds. The summed E-state index contributed by atoms with van der Waals surface area (Å²) < 4.78 is 5.77. The van der Waals surface area contributed by atoms with Gasteiger partial charge >= 0.3 is 5.97 Å². The van der Waals surface area contributed by atoms with Gasteiger partial charge in [-0.3, -0.25) is 4.79 Å². The Morgan fingerprint density at radius 1 is 1.23 bits per heavy atom. The quantitative estimate of drug-likeness (QED) is 0.655. The maximum atomic E-state index is 12.5. The molecular weight excluding hydrogens is 369 g/mol. The van der Waals surface area contributed by atoms with Crippen LogP contribution in [0.4, 0.5) is 0 Å². The zero-order valence-electron chi connectivity index (χ0n) is 15.2. The van der Waals surface area contributed by atoms with Gasteiger partial charge in [0.1, 0.15) is 11.1 Å². The maximum Gasteiger partial charge on any atom is 0.310 e. The van der Waals surface area contributed by atoms with Gasteiger partial charge in [-0.05, 0) is 47.9 Å². The number of hydrogen-bond donors (Lipinski definition) is 1. The van der Waals surface area contributed by atoms with E-state index < -0.39 is 0 Å². The van der Waals surface area contributed by atoms with Crippen LogP contribution >= 0.6 is 23.2 Å². The van der Waals surface area contributed by atoms with Crippen LogP contribution in [0.1, 0.15) is 36.2 Å². The topological polar surface area (TPSA) is 42.1 Å². The number of allylic oxidation sites excluding steroid dienone is 1. The number of benzene rings is 1. The normalized spacial score (nSPS) is 20.5. The van der Waals surface area contributed by atoms with Gasteiger partial charge in [-0.1, -0.05) is 66.9 Å². The highest BCUT2D eigenvalue weighted by Gasteiger charge is 2.61. The van der Waals surface area contributed by atoms with Crippen LogP contribution in [0.5, 0.6) is 0 Å². The standard InChI is InChI=1S/C21H23Cl2NO2/c1-13-4-6-14(7-5-13)10-15-8-9-24-17(15)12-26-20(25)19-16(11-18(22)23)21(19,2)3/h4-9,11,16,19,24H,10,12H2,1-3H3. The lowest BCUT2D eigenvalue weighted by Gasteiger charge is -2.08. The fourth-order valence-electron chi connectivity index (χ4n) is 3.47. The van der Waals surface area contributed by atoms with E-state index >= 15 is 0 Å². The Balaban J connectivity index is 1.61. The lowest BCUT2D eigenvalue weighted by molar-refractivity contribution is -0.147. The number of esters is 1. The van der Waals surface area contributed by atoms with Gasteiger partial charge in [-0.2, -0.15) is 0 Å². The number of carbonyl (C=O) groups is 1. The lowest BCUT2D eigenvalue weighted by atomic mass is 10.0. The van der Waals surface area contributed by atoms with Crippen molar-refractivity contribution < 1.29 is 9.53 Å². The third-order valence-corrected chi connectivity index (χ3v) is 5.53. The predicted molar refractivity (Wildman–Crippen MR) is 105 cm³/mol. The molecule has 26 heavy (non-hydrogen) atoms. The number of ether oxygens (including phenoxy) is 1. The molecule has 0 aliphatic heterocycles. The van der Waals surface area contributed by atoms with E-state index in [1.54, 1.807) is 6.08 Å². The average Bonchev–Trinajstić information content (AvgIpc) is 2.91. The fourth-order valence-corrected chi connectivity index (χ4v) is 3.74. The van der Waals surface area contributed by atoms with Gasteiger partial charge in [0.25, 0.3) is 0 Å². The van der Waals surface area contributed by atoms with Gasteiger partial charge < -0.3 is 9.72 Å². The van der Waals surface area contributed by atoms with E-state index in [1.165, 1.54) is 11.1 Å². The van der Waals surface area contributed by atoms with E-state index in [1.807, 2.05) is 26.1 Å². The van der Waals surface area contributed by atoms with Gasteiger partial charge in [-0.15, -0.1) is 0 Å². The molecule has 0 bridgehead atoms. The molecule has 2 atom stereocenters. The second-order valence-corrected chi connectivity index (χ2v) is 8.54. The predicted octanol–water partition coefficient (Wildman–Crippen LogP) is 5.55. The second kappa shape index (κ2) is 7.50. The Morgan fingerprint density at radius 2 is 1.92 bits per heavy atom. The van der Waals surface area contributed by atoms with E-state index in [4.69, 9.17) is 27.9 Å². The number of aryl methyl sites for hydroxylation is 1. The van der Waals surface area contributed by atoms with Crippen LogP contribution in [0, 0.1) is 24.2 Å². The second-order valence-electron chi connectivity index (χ2n) is 7.53. The summed E-state index contributed by atoms with van der Waals surface area (Å²) in [5.74, 6) is -0.386. The van der Waals surface area contributed by atoms with E-state index in [0.29, 0.717) is 0 Å². The molecule has 0 spiro atoms. The third-order valence-electron chi connectivity index (χ3n) is 5.27. The molecule has 0 saturated heterocycles. The van der Waals surface area contributed by atoms with Crippen molar-refractivity contribution in [3.63, 3.8) is 0 Å². The van der Waals surface area contributed by atoms with Crippen molar-refractivity contribution in [2.45, 2.75) is 33.8 Å². The van der Waals surface area contributed by atoms with Gasteiger partial charge in [0.05, 0.1) is 11.6 Å². The highest BCUT2D eigenvalue weighted by atomic mass is 35.5. The average molecular weight is 392 g/mol. The molecule has 2 aromatic rings. The molecule has 5 heteroatoms. The minimum Gasteiger partial charge on any atom is -0.459 e. The number of hydrogen-bond acceptors (Lipinski definition) is 2. The Morgan fingerprint density at radius 3 is 2.58 bits per heavy atom. The minimum atomic E-state index is -0.207. The van der Waals surface area contributed by atoms with Crippen LogP contribution < -0.4 is 0 Å². The van der Waals surface area contributed by atoms with Crippen LogP contribution in [0.25, 0.3) is 0 Å². The summed E-state index contributed by atoms with van der Waals surface area (Å²) in [6, 6.07) is 10.5. The smallest absolute Gasteiger partial charge is 0.310 e. The molecule has 1 heterocycles. The number of H-pyrrole nitrogens is 1. The van der Waals surface area contributed by atoms with Crippen molar-refractivity contribution in [3.8, 4) is 0 Å². The van der Waals surface area contributed by atoms with Crippen LogP contribution in [0.2, 0.25) is 0 Å². The van der Waals surface area contributed by atoms with Gasteiger partial charge in [0, 0.05) is 6.20 Å². The molecule has 2 unspecified atom stereocenters. The Bertz CT molecular complexity index is 817. The molecule has 1 aliphatic carbocycles. The van der Waals surface area contributed by atoms with E-state index in [2.05, 4.69) is 36.2 Å². The summed E-state index contributed by atoms with van der Waals surface area (Å²) in [6.45, 7) is 6.36. The third kappa shape index (κ3) is 4.16. The highest BCUT2D eigenvalue weighted by molar-refractivity contribution is 6.55. The molecule has 3 nitrogen and oxygen atoms in total. The molecule has 1 N–H and O–H groups in total. The maximum absolute atomic E-state index is 12.5. The number of carbonyl (C=O) groups excluding carboxylic acids is 1. The van der Waals surface area contributed by atoms with Crippen molar-refractivity contribution in [2.75, 3.05) is 0 Å². The summed E-state index contributed by atoms with van der Waals surface area (Å²) in [5, 5.41) is 0. The monoisotopic (exact) mass is 391 g/mol. The molecular formula is C21H23Cl2NO2. The van der Waals surface area contributed by atoms with Crippen molar-refractivity contribution in [1.82, 2.24) is 4.98 Å². The van der Waals surface area contributed by atoms with Crippen LogP contribution in [0.15, 0.2) is 47.1 Å². The Kier molecular flexibility index (Phi) is 5.50. The lowest BCUT2D eigenvalue weighted by Crippen LogP contribution is -2.11. The molecule has 1 aromatic heterocycles. The Hall–Kier alpha value is -1.71. The van der Waals surface area contributed by atoms with Crippen LogP contribution in [-0.2, 0) is 22.6 Å².